The van der Waals surface area contributed by atoms with Crippen molar-refractivity contribution in [3.05, 3.63) is 28.9 Å². The van der Waals surface area contributed by atoms with E-state index < -0.39 is 0 Å². The quantitative estimate of drug-likeness (QED) is 0.875. The van der Waals surface area contributed by atoms with Crippen molar-refractivity contribution in [2.45, 2.75) is 13.8 Å². The molecular weight excluding hydrogens is 272 g/mol. The minimum atomic E-state index is -0.241. The van der Waals surface area contributed by atoms with Crippen molar-refractivity contribution in [1.29, 1.82) is 0 Å². The molecule has 0 aliphatic heterocycles. The largest absolute Gasteiger partial charge is 0.369 e. The molecule has 0 aliphatic carbocycles. The number of primary amides is 1. The van der Waals surface area contributed by atoms with Crippen LogP contribution in [0, 0.1) is 5.92 Å². The zero-order valence-electron chi connectivity index (χ0n) is 9.11. The van der Waals surface area contributed by atoms with E-state index in [0.717, 1.165) is 15.4 Å². The summed E-state index contributed by atoms with van der Waals surface area (Å²) in [5, 5.41) is 4.68. The summed E-state index contributed by atoms with van der Waals surface area (Å²) >= 11 is 3.33. The minimum Gasteiger partial charge on any atom is -0.369 e. The molecule has 16 heavy (non-hydrogen) atoms. The molecule has 0 saturated carbocycles. The molecule has 0 fully saturated rings. The van der Waals surface area contributed by atoms with Gasteiger partial charge in [-0.05, 0) is 18.2 Å². The third-order valence-corrected chi connectivity index (χ3v) is 2.38. The van der Waals surface area contributed by atoms with Crippen LogP contribution in [0.25, 0.3) is 11.0 Å². The highest BCUT2D eigenvalue weighted by Gasteiger charge is 1.96. The average molecular weight is 285 g/mol. The molecule has 2 N–H and O–H groups in total. The van der Waals surface area contributed by atoms with Crippen LogP contribution in [0.5, 0.6) is 0 Å². The van der Waals surface area contributed by atoms with Gasteiger partial charge in [-0.15, -0.1) is 0 Å². The van der Waals surface area contributed by atoms with Crippen molar-refractivity contribution < 1.29 is 9.32 Å². The first-order valence-electron chi connectivity index (χ1n) is 4.80. The highest BCUT2D eigenvalue weighted by molar-refractivity contribution is 9.10. The first-order valence-corrected chi connectivity index (χ1v) is 5.59. The maximum absolute atomic E-state index is 9.92. The summed E-state index contributed by atoms with van der Waals surface area (Å²) in [4.78, 5) is 9.92. The SMILES string of the molecule is Brc1ccc2cnoc2c1.CC(C)C(N)=O. The Labute approximate surface area is 102 Å². The topological polar surface area (TPSA) is 69.1 Å². The number of aromatic nitrogens is 1. The molecule has 1 aromatic carbocycles. The Bertz CT molecular complexity index is 480. The molecule has 0 atom stereocenters. The number of hydrogen-bond donors (Lipinski definition) is 1. The van der Waals surface area contributed by atoms with Gasteiger partial charge in [0.05, 0.1) is 6.20 Å². The molecule has 1 aromatic heterocycles. The predicted octanol–water partition coefficient (Wildman–Crippen LogP) is 2.72. The van der Waals surface area contributed by atoms with E-state index >= 15 is 0 Å². The number of hydrogen-bond acceptors (Lipinski definition) is 3. The lowest BCUT2D eigenvalue weighted by atomic mass is 10.2. The average Bonchev–Trinajstić information content (AvgIpc) is 2.65. The molecule has 1 amide bonds. The van der Waals surface area contributed by atoms with E-state index in [2.05, 4.69) is 21.1 Å². The fourth-order valence-electron chi connectivity index (χ4n) is 0.834. The molecular formula is C11H13BrN2O2. The Morgan fingerprint density at radius 3 is 2.69 bits per heavy atom. The van der Waals surface area contributed by atoms with Crippen LogP contribution in [-0.2, 0) is 4.79 Å². The van der Waals surface area contributed by atoms with Crippen LogP contribution < -0.4 is 5.73 Å². The summed E-state index contributed by atoms with van der Waals surface area (Å²) in [6.45, 7) is 3.53. The lowest BCUT2D eigenvalue weighted by Crippen LogP contribution is -2.17. The number of rotatable bonds is 1. The lowest BCUT2D eigenvalue weighted by Gasteiger charge is -1.90. The molecule has 0 radical (unpaired) electrons. The maximum atomic E-state index is 9.92. The molecule has 0 saturated heterocycles. The predicted molar refractivity (Wildman–Crippen MR) is 65.7 cm³/mol. The van der Waals surface area contributed by atoms with Crippen molar-refractivity contribution in [1.82, 2.24) is 5.16 Å². The molecule has 2 rings (SSSR count). The third kappa shape index (κ3) is 3.66. The van der Waals surface area contributed by atoms with E-state index in [1.165, 1.54) is 0 Å². The minimum absolute atomic E-state index is 0.00926. The number of amides is 1. The van der Waals surface area contributed by atoms with Gasteiger partial charge >= 0.3 is 0 Å². The van der Waals surface area contributed by atoms with Gasteiger partial charge in [0.2, 0.25) is 5.91 Å². The fourth-order valence-corrected chi connectivity index (χ4v) is 1.17. The van der Waals surface area contributed by atoms with Gasteiger partial charge in [-0.25, -0.2) is 0 Å². The summed E-state index contributed by atoms with van der Waals surface area (Å²) in [6, 6.07) is 5.80. The van der Waals surface area contributed by atoms with Gasteiger partial charge < -0.3 is 10.3 Å². The van der Waals surface area contributed by atoms with Crippen molar-refractivity contribution in [3.8, 4) is 0 Å². The third-order valence-electron chi connectivity index (χ3n) is 1.89. The zero-order valence-corrected chi connectivity index (χ0v) is 10.7. The van der Waals surface area contributed by atoms with Gasteiger partial charge in [0.1, 0.15) is 0 Å². The maximum Gasteiger partial charge on any atom is 0.219 e. The Morgan fingerprint density at radius 1 is 1.50 bits per heavy atom. The van der Waals surface area contributed by atoms with Crippen LogP contribution >= 0.6 is 15.9 Å². The van der Waals surface area contributed by atoms with Crippen LogP contribution in [0.1, 0.15) is 13.8 Å². The molecule has 0 aliphatic rings. The summed E-state index contributed by atoms with van der Waals surface area (Å²) < 4.78 is 5.93. The number of benzene rings is 1. The van der Waals surface area contributed by atoms with E-state index in [1.807, 2.05) is 18.2 Å². The monoisotopic (exact) mass is 284 g/mol. The van der Waals surface area contributed by atoms with E-state index in [9.17, 15) is 4.79 Å². The van der Waals surface area contributed by atoms with Crippen LogP contribution in [0.2, 0.25) is 0 Å². The smallest absolute Gasteiger partial charge is 0.219 e. The molecule has 1 heterocycles. The molecule has 4 nitrogen and oxygen atoms in total. The Morgan fingerprint density at radius 2 is 2.12 bits per heavy atom. The Hall–Kier alpha value is -1.36. The first kappa shape index (κ1) is 12.7. The number of carbonyl (C=O) groups excluding carboxylic acids is 1. The summed E-state index contributed by atoms with van der Waals surface area (Å²) in [6.07, 6.45) is 1.70. The van der Waals surface area contributed by atoms with Gasteiger partial charge in [-0.1, -0.05) is 34.9 Å². The van der Waals surface area contributed by atoms with Gasteiger partial charge in [-0.2, -0.15) is 0 Å². The Balaban J connectivity index is 0.000000187. The van der Waals surface area contributed by atoms with Crippen LogP contribution in [0.15, 0.2) is 33.4 Å². The number of nitrogens with zero attached hydrogens (tertiary/aromatic N) is 1. The summed E-state index contributed by atoms with van der Waals surface area (Å²) in [5.74, 6) is -0.250. The van der Waals surface area contributed by atoms with Crippen LogP contribution in [0.4, 0.5) is 0 Å². The Kier molecular flexibility index (Phi) is 4.49. The second-order valence-corrected chi connectivity index (χ2v) is 4.48. The number of fused-ring (bicyclic) bond motifs is 1. The van der Waals surface area contributed by atoms with Gasteiger partial charge in [-0.3, -0.25) is 4.79 Å². The summed E-state index contributed by atoms with van der Waals surface area (Å²) in [5.41, 5.74) is 5.61. The zero-order chi connectivity index (χ0) is 12.1. The molecule has 2 aromatic rings. The fraction of sp³-hybridized carbons (Fsp3) is 0.273. The molecule has 0 unspecified atom stereocenters. The molecule has 86 valence electrons. The second kappa shape index (κ2) is 5.65. The van der Waals surface area contributed by atoms with Crippen molar-refractivity contribution >= 4 is 32.8 Å². The van der Waals surface area contributed by atoms with Gasteiger partial charge in [0.25, 0.3) is 0 Å². The van der Waals surface area contributed by atoms with E-state index in [-0.39, 0.29) is 11.8 Å². The lowest BCUT2D eigenvalue weighted by molar-refractivity contribution is -0.120. The van der Waals surface area contributed by atoms with Crippen molar-refractivity contribution in [2.24, 2.45) is 11.7 Å². The van der Waals surface area contributed by atoms with Crippen LogP contribution in [0.3, 0.4) is 0 Å². The van der Waals surface area contributed by atoms with E-state index in [4.69, 9.17) is 10.3 Å². The van der Waals surface area contributed by atoms with Crippen molar-refractivity contribution in [2.75, 3.05) is 0 Å². The van der Waals surface area contributed by atoms with Gasteiger partial charge in [0.15, 0.2) is 5.58 Å². The normalized spacial score (nSPS) is 10.0. The highest BCUT2D eigenvalue weighted by Crippen LogP contribution is 2.18. The van der Waals surface area contributed by atoms with Crippen molar-refractivity contribution in [3.63, 3.8) is 0 Å². The molecule has 5 heteroatoms. The first-order chi connectivity index (χ1) is 7.50. The van der Waals surface area contributed by atoms with E-state index in [0.29, 0.717) is 0 Å². The highest BCUT2D eigenvalue weighted by atomic mass is 79.9. The standard InChI is InChI=1S/C7H4BrNO.C4H9NO/c8-6-2-1-5-4-9-10-7(5)3-6;1-3(2)4(5)6/h1-4H;3H,1-2H3,(H2,5,6). The molecule has 0 spiro atoms. The van der Waals surface area contributed by atoms with Crippen LogP contribution in [-0.4, -0.2) is 11.1 Å². The number of halogens is 1. The van der Waals surface area contributed by atoms with Gasteiger partial charge in [0, 0.05) is 15.8 Å². The summed E-state index contributed by atoms with van der Waals surface area (Å²) in [7, 11) is 0. The number of carbonyl (C=O) groups is 1. The molecule has 0 bridgehead atoms. The number of nitrogens with two attached hydrogens (primary N) is 1. The van der Waals surface area contributed by atoms with E-state index in [1.54, 1.807) is 20.0 Å². The second-order valence-electron chi connectivity index (χ2n) is 3.57.